The van der Waals surface area contributed by atoms with Crippen molar-refractivity contribution >= 4 is 21.4 Å². The summed E-state index contributed by atoms with van der Waals surface area (Å²) in [6.45, 7) is 7.33. The third kappa shape index (κ3) is 2.55. The molecule has 0 amide bonds. The van der Waals surface area contributed by atoms with Gasteiger partial charge in [-0.2, -0.15) is 0 Å². The van der Waals surface area contributed by atoms with E-state index in [1.54, 1.807) is 5.98 Å². The van der Waals surface area contributed by atoms with E-state index in [1.807, 2.05) is 25.8 Å². The van der Waals surface area contributed by atoms with Crippen molar-refractivity contribution in [2.24, 2.45) is 0 Å². The highest BCUT2D eigenvalue weighted by Crippen LogP contribution is 2.08. The highest BCUT2D eigenvalue weighted by molar-refractivity contribution is 6.76. The molecule has 1 aliphatic rings. The van der Waals surface area contributed by atoms with E-state index in [0.29, 0.717) is 0 Å². The Hall–Kier alpha value is -0.445. The van der Waals surface area contributed by atoms with Gasteiger partial charge in [-0.25, -0.2) is 0 Å². The summed E-state index contributed by atoms with van der Waals surface area (Å²) < 4.78 is 15.8. The molecule has 0 aromatic carbocycles. The largest absolute Gasteiger partial charge is 0.458 e. The summed E-state index contributed by atoms with van der Waals surface area (Å²) in [4.78, 5) is 0. The molecule has 1 fully saturated rings. The van der Waals surface area contributed by atoms with Crippen molar-refractivity contribution in [3.05, 3.63) is 24.6 Å². The van der Waals surface area contributed by atoms with Gasteiger partial charge in [0.05, 0.1) is 0 Å². The molecule has 0 atom stereocenters. The van der Waals surface area contributed by atoms with Crippen LogP contribution in [0.15, 0.2) is 24.6 Å². The van der Waals surface area contributed by atoms with Crippen LogP contribution < -0.4 is 0 Å². The van der Waals surface area contributed by atoms with Crippen molar-refractivity contribution < 1.29 is 13.7 Å². The topological polar surface area (TPSA) is 27.7 Å². The van der Waals surface area contributed by atoms with Crippen LogP contribution in [-0.2, 0) is 13.7 Å². The lowest BCUT2D eigenvalue weighted by Crippen LogP contribution is -2.46. The molecule has 0 unspecified atom stereocenters. The molecule has 1 aliphatic heterocycles. The lowest BCUT2D eigenvalue weighted by Gasteiger charge is -2.26. The Balaban J connectivity index is 2.50. The van der Waals surface area contributed by atoms with Crippen LogP contribution in [0.2, 0.25) is 6.82 Å². The van der Waals surface area contributed by atoms with Gasteiger partial charge in [0, 0.05) is 0 Å². The number of hydrogen-bond donors (Lipinski definition) is 0. The van der Waals surface area contributed by atoms with E-state index < -0.39 is 0 Å². The maximum absolute atomic E-state index is 5.30. The minimum absolute atomic E-state index is 0.247. The van der Waals surface area contributed by atoms with Crippen LogP contribution in [0.1, 0.15) is 6.92 Å². The third-order valence-electron chi connectivity index (χ3n) is 1.46. The molecule has 1 heterocycles. The Morgan fingerprint density at radius 2 is 1.83 bits per heavy atom. The Morgan fingerprint density at radius 1 is 1.17 bits per heavy atom. The molecule has 1 saturated heterocycles. The molecule has 1 rings (SSSR count). The zero-order valence-electron chi connectivity index (χ0n) is 7.40. The summed E-state index contributed by atoms with van der Waals surface area (Å²) in [7, 11) is -0.931. The standard InChI is InChI=1S/C6H11B3O3/c1-4-6-9-11-7(3)10-8(5-2)12-9/h4-6H,2H2,1,3H3/b6-4-. The van der Waals surface area contributed by atoms with Crippen molar-refractivity contribution in [3.8, 4) is 0 Å². The van der Waals surface area contributed by atoms with E-state index in [9.17, 15) is 0 Å². The van der Waals surface area contributed by atoms with Gasteiger partial charge in [-0.1, -0.05) is 18.0 Å². The van der Waals surface area contributed by atoms with Gasteiger partial charge < -0.3 is 13.7 Å². The van der Waals surface area contributed by atoms with Crippen LogP contribution in [0, 0.1) is 0 Å². The first kappa shape index (κ1) is 9.64. The fourth-order valence-corrected chi connectivity index (χ4v) is 0.965. The molecule has 0 bridgehead atoms. The SMILES string of the molecule is C=CB1OB(C)OB(/C=C\C)O1. The number of allylic oxidation sites excluding steroid dienone is 1. The maximum Gasteiger partial charge on any atom is 0.458 e. The summed E-state index contributed by atoms with van der Waals surface area (Å²) in [6, 6.07) is 0. The number of rotatable bonds is 2. The first-order chi connectivity index (χ1) is 5.76. The Kier molecular flexibility index (Phi) is 3.65. The normalized spacial score (nSPS) is 19.0. The molecular weight excluding hydrogens is 152 g/mol. The molecule has 62 valence electrons. The average Bonchev–Trinajstić information content (AvgIpc) is 2.04. The van der Waals surface area contributed by atoms with E-state index in [1.165, 1.54) is 0 Å². The van der Waals surface area contributed by atoms with Crippen molar-refractivity contribution in [1.82, 2.24) is 0 Å². The molecule has 0 aromatic rings. The third-order valence-corrected chi connectivity index (χ3v) is 1.46. The molecule has 0 aromatic heterocycles. The van der Waals surface area contributed by atoms with Crippen molar-refractivity contribution in [1.29, 1.82) is 0 Å². The minimum Gasteiger partial charge on any atom is -0.449 e. The number of hydrogen-bond acceptors (Lipinski definition) is 3. The van der Waals surface area contributed by atoms with Crippen molar-refractivity contribution in [2.75, 3.05) is 0 Å². The molecule has 6 heteroatoms. The van der Waals surface area contributed by atoms with Crippen molar-refractivity contribution in [2.45, 2.75) is 13.7 Å². The van der Waals surface area contributed by atoms with Crippen LogP contribution in [0.3, 0.4) is 0 Å². The molecule has 0 N–H and O–H groups in total. The van der Waals surface area contributed by atoms with Gasteiger partial charge in [0.2, 0.25) is 0 Å². The summed E-state index contributed by atoms with van der Waals surface area (Å²) in [6.07, 6.45) is 1.88. The van der Waals surface area contributed by atoms with Crippen LogP contribution in [0.5, 0.6) is 0 Å². The molecule has 0 radical (unpaired) electrons. The van der Waals surface area contributed by atoms with Gasteiger partial charge >= 0.3 is 21.4 Å². The van der Waals surface area contributed by atoms with Gasteiger partial charge in [-0.15, -0.1) is 6.58 Å². The van der Waals surface area contributed by atoms with Gasteiger partial charge in [0.1, 0.15) is 0 Å². The minimum atomic E-state index is -0.366. The maximum atomic E-state index is 5.30. The van der Waals surface area contributed by atoms with Gasteiger partial charge in [-0.05, 0) is 13.7 Å². The molecular formula is C6H11B3O3. The second-order valence-corrected chi connectivity index (χ2v) is 2.47. The second-order valence-electron chi connectivity index (χ2n) is 2.47. The van der Waals surface area contributed by atoms with E-state index in [2.05, 4.69) is 6.58 Å². The lowest BCUT2D eigenvalue weighted by atomic mass is 9.71. The highest BCUT2D eigenvalue weighted by atomic mass is 16.7. The monoisotopic (exact) mass is 164 g/mol. The van der Waals surface area contributed by atoms with E-state index in [0.717, 1.165) is 0 Å². The van der Waals surface area contributed by atoms with Gasteiger partial charge in [-0.3, -0.25) is 0 Å². The van der Waals surface area contributed by atoms with Crippen molar-refractivity contribution in [3.63, 3.8) is 0 Å². The van der Waals surface area contributed by atoms with E-state index >= 15 is 0 Å². The van der Waals surface area contributed by atoms with Gasteiger partial charge in [0.25, 0.3) is 0 Å². The molecule has 0 spiro atoms. The second kappa shape index (κ2) is 4.55. The predicted molar refractivity (Wildman–Crippen MR) is 51.4 cm³/mol. The van der Waals surface area contributed by atoms with E-state index in [-0.39, 0.29) is 21.4 Å². The Labute approximate surface area is 74.2 Å². The van der Waals surface area contributed by atoms with Crippen LogP contribution in [0.4, 0.5) is 0 Å². The smallest absolute Gasteiger partial charge is 0.449 e. The Morgan fingerprint density at radius 3 is 2.42 bits per heavy atom. The van der Waals surface area contributed by atoms with Crippen LogP contribution >= 0.6 is 0 Å². The zero-order valence-corrected chi connectivity index (χ0v) is 7.40. The average molecular weight is 164 g/mol. The highest BCUT2D eigenvalue weighted by Gasteiger charge is 2.34. The summed E-state index contributed by atoms with van der Waals surface area (Å²) in [5.74, 6) is 3.44. The van der Waals surface area contributed by atoms with Gasteiger partial charge in [0.15, 0.2) is 0 Å². The lowest BCUT2D eigenvalue weighted by molar-refractivity contribution is 0.302. The van der Waals surface area contributed by atoms with Crippen LogP contribution in [-0.4, -0.2) is 21.4 Å². The summed E-state index contributed by atoms with van der Waals surface area (Å²) >= 11 is 0. The summed E-state index contributed by atoms with van der Waals surface area (Å²) in [5.41, 5.74) is 0. The predicted octanol–water partition coefficient (Wildman–Crippen LogP) is 0.985. The van der Waals surface area contributed by atoms with Crippen LogP contribution in [0.25, 0.3) is 0 Å². The first-order valence-corrected chi connectivity index (χ1v) is 3.98. The zero-order chi connectivity index (χ0) is 8.97. The fourth-order valence-electron chi connectivity index (χ4n) is 0.965. The molecule has 0 aliphatic carbocycles. The van der Waals surface area contributed by atoms with E-state index in [4.69, 9.17) is 13.7 Å². The quantitative estimate of drug-likeness (QED) is 0.568. The molecule has 3 nitrogen and oxygen atoms in total. The molecule has 0 saturated carbocycles. The first-order valence-electron chi connectivity index (χ1n) is 3.98. The fraction of sp³-hybridized carbons (Fsp3) is 0.333. The Bertz CT molecular complexity index is 185. The molecule has 12 heavy (non-hydrogen) atoms. The summed E-state index contributed by atoms with van der Waals surface area (Å²) in [5, 5.41) is 0.